The average Bonchev–Trinajstić information content (AvgIpc) is 3.16. The molecule has 4 aromatic rings. The smallest absolute Gasteiger partial charge is 0.258 e. The Hall–Kier alpha value is -3.38. The molecule has 0 fully saturated rings. The van der Waals surface area contributed by atoms with E-state index < -0.39 is 0 Å². The third kappa shape index (κ3) is 4.86. The monoisotopic (exact) mass is 416 g/mol. The minimum atomic E-state index is -0.133. The first-order valence-electron chi connectivity index (χ1n) is 10.6. The van der Waals surface area contributed by atoms with Crippen molar-refractivity contribution in [2.45, 2.75) is 26.0 Å². The minimum Gasteiger partial charge on any atom is -0.486 e. The number of pyridine rings is 1. The van der Waals surface area contributed by atoms with Gasteiger partial charge >= 0.3 is 0 Å². The number of hydrogen-bond donors (Lipinski definition) is 0. The van der Waals surface area contributed by atoms with Gasteiger partial charge in [0.1, 0.15) is 11.9 Å². The zero-order chi connectivity index (χ0) is 21.8. The van der Waals surface area contributed by atoms with E-state index in [1.165, 1.54) is 6.07 Å². The van der Waals surface area contributed by atoms with E-state index in [0.29, 0.717) is 5.75 Å². The van der Waals surface area contributed by atoms with Gasteiger partial charge in [0.2, 0.25) is 0 Å². The molecule has 0 amide bonds. The lowest BCUT2D eigenvalue weighted by molar-refractivity contribution is 0.226. The fourth-order valence-corrected chi connectivity index (χ4v) is 3.68. The summed E-state index contributed by atoms with van der Waals surface area (Å²) in [6.45, 7) is 3.86. The predicted molar refractivity (Wildman–Crippen MR) is 124 cm³/mol. The Kier molecular flexibility index (Phi) is 6.18. The molecule has 1 atom stereocenters. The molecule has 0 aliphatic heterocycles. The van der Waals surface area contributed by atoms with Gasteiger partial charge in [-0.1, -0.05) is 30.3 Å². The number of nitrogens with zero attached hydrogens (tertiary/aromatic N) is 4. The van der Waals surface area contributed by atoms with E-state index in [2.05, 4.69) is 24.1 Å². The van der Waals surface area contributed by atoms with Crippen LogP contribution in [0.4, 0.5) is 0 Å². The van der Waals surface area contributed by atoms with E-state index in [1.54, 1.807) is 10.8 Å². The molecular formula is C25H28N4O2. The van der Waals surface area contributed by atoms with Crippen LogP contribution in [0.2, 0.25) is 0 Å². The molecule has 2 aromatic carbocycles. The van der Waals surface area contributed by atoms with Crippen molar-refractivity contribution in [3.8, 4) is 11.4 Å². The van der Waals surface area contributed by atoms with Crippen LogP contribution in [0.5, 0.6) is 5.75 Å². The van der Waals surface area contributed by atoms with Gasteiger partial charge in [0.25, 0.3) is 5.56 Å². The lowest BCUT2D eigenvalue weighted by Crippen LogP contribution is -2.17. The highest BCUT2D eigenvalue weighted by atomic mass is 16.5. The highest BCUT2D eigenvalue weighted by Gasteiger charge is 2.10. The molecule has 0 aliphatic carbocycles. The van der Waals surface area contributed by atoms with Crippen LogP contribution in [0.1, 0.15) is 25.0 Å². The number of hydrogen-bond acceptors (Lipinski definition) is 4. The zero-order valence-corrected chi connectivity index (χ0v) is 18.2. The summed E-state index contributed by atoms with van der Waals surface area (Å²) >= 11 is 0. The molecule has 0 saturated carbocycles. The van der Waals surface area contributed by atoms with Crippen LogP contribution in [0.15, 0.2) is 77.9 Å². The van der Waals surface area contributed by atoms with Crippen LogP contribution < -0.4 is 10.3 Å². The molecule has 0 N–H and O–H groups in total. The van der Waals surface area contributed by atoms with Crippen LogP contribution in [0.25, 0.3) is 16.6 Å². The van der Waals surface area contributed by atoms with Crippen LogP contribution in [0, 0.1) is 0 Å². The number of benzene rings is 2. The van der Waals surface area contributed by atoms with E-state index in [1.807, 2.05) is 72.4 Å². The normalized spacial score (nSPS) is 12.4. The van der Waals surface area contributed by atoms with Gasteiger partial charge in [0, 0.05) is 29.9 Å². The maximum absolute atomic E-state index is 12.8. The molecule has 6 nitrogen and oxygen atoms in total. The third-order valence-corrected chi connectivity index (χ3v) is 5.35. The maximum Gasteiger partial charge on any atom is 0.258 e. The number of fused-ring (bicyclic) bond motifs is 1. The first kappa shape index (κ1) is 20.9. The van der Waals surface area contributed by atoms with Crippen LogP contribution >= 0.6 is 0 Å². The summed E-state index contributed by atoms with van der Waals surface area (Å²) in [5.41, 5.74) is 2.83. The minimum absolute atomic E-state index is 0.129. The van der Waals surface area contributed by atoms with Gasteiger partial charge in [0.15, 0.2) is 0 Å². The van der Waals surface area contributed by atoms with E-state index >= 15 is 0 Å². The van der Waals surface area contributed by atoms with Gasteiger partial charge in [-0.25, -0.2) is 0 Å². The topological polar surface area (TPSA) is 52.3 Å². The Morgan fingerprint density at radius 1 is 1.06 bits per heavy atom. The quantitative estimate of drug-likeness (QED) is 0.430. The van der Waals surface area contributed by atoms with Gasteiger partial charge in [-0.05, 0) is 63.8 Å². The third-order valence-electron chi connectivity index (χ3n) is 5.35. The summed E-state index contributed by atoms with van der Waals surface area (Å²) in [4.78, 5) is 14.9. The molecule has 0 spiro atoms. The summed E-state index contributed by atoms with van der Waals surface area (Å²) < 4.78 is 9.62. The average molecular weight is 417 g/mol. The van der Waals surface area contributed by atoms with Crippen molar-refractivity contribution < 1.29 is 4.74 Å². The molecule has 4 rings (SSSR count). The van der Waals surface area contributed by atoms with Gasteiger partial charge < -0.3 is 9.64 Å². The van der Waals surface area contributed by atoms with Gasteiger partial charge in [0.05, 0.1) is 11.7 Å². The van der Waals surface area contributed by atoms with Crippen molar-refractivity contribution in [1.82, 2.24) is 19.2 Å². The van der Waals surface area contributed by atoms with E-state index in [9.17, 15) is 4.79 Å². The summed E-state index contributed by atoms with van der Waals surface area (Å²) in [7, 11) is 4.15. The van der Waals surface area contributed by atoms with Crippen molar-refractivity contribution >= 4 is 10.9 Å². The maximum atomic E-state index is 12.8. The molecule has 0 saturated heterocycles. The van der Waals surface area contributed by atoms with Gasteiger partial charge in [-0.3, -0.25) is 14.0 Å². The zero-order valence-electron chi connectivity index (χ0n) is 18.2. The summed E-state index contributed by atoms with van der Waals surface area (Å²) in [5.74, 6) is 0.562. The first-order valence-corrected chi connectivity index (χ1v) is 10.6. The van der Waals surface area contributed by atoms with Crippen LogP contribution in [0.3, 0.4) is 0 Å². The molecular weight excluding hydrogens is 388 g/mol. The summed E-state index contributed by atoms with van der Waals surface area (Å²) in [6, 6.07) is 19.3. The Labute approximate surface area is 182 Å². The second-order valence-electron chi connectivity index (χ2n) is 8.01. The van der Waals surface area contributed by atoms with Crippen molar-refractivity contribution in [3.05, 3.63) is 89.0 Å². The lowest BCUT2D eigenvalue weighted by atomic mass is 10.1. The number of aromatic nitrogens is 3. The van der Waals surface area contributed by atoms with Gasteiger partial charge in [-0.15, -0.1) is 0 Å². The second kappa shape index (κ2) is 9.18. The predicted octanol–water partition coefficient (Wildman–Crippen LogP) is 4.28. The molecule has 0 aliphatic rings. The molecule has 1 unspecified atom stereocenters. The van der Waals surface area contributed by atoms with E-state index in [-0.39, 0.29) is 11.7 Å². The fourth-order valence-electron chi connectivity index (χ4n) is 3.68. The highest BCUT2D eigenvalue weighted by molar-refractivity contribution is 5.80. The van der Waals surface area contributed by atoms with Crippen molar-refractivity contribution in [2.24, 2.45) is 0 Å². The highest BCUT2D eigenvalue weighted by Crippen LogP contribution is 2.22. The Morgan fingerprint density at radius 3 is 2.61 bits per heavy atom. The number of aryl methyl sites for hydroxylation is 1. The summed E-state index contributed by atoms with van der Waals surface area (Å²) in [6.07, 6.45) is 4.52. The summed E-state index contributed by atoms with van der Waals surface area (Å²) in [5, 5.41) is 5.54. The molecule has 0 bridgehead atoms. The molecule has 2 aromatic heterocycles. The standard InChI is InChI=1S/C25H28N4O2/c1-19(20-8-5-4-6-9-20)31-23-12-15-28(25(30)17-23)22-10-11-24-21(16-22)18-26-29(24)14-7-13-27(2)3/h4-6,8-12,15-19H,7,13-14H2,1-3H3. The van der Waals surface area contributed by atoms with Crippen molar-refractivity contribution in [3.63, 3.8) is 0 Å². The molecule has 160 valence electrons. The Bertz CT molecular complexity index is 1210. The van der Waals surface area contributed by atoms with Crippen molar-refractivity contribution in [1.29, 1.82) is 0 Å². The van der Waals surface area contributed by atoms with E-state index in [0.717, 1.165) is 41.7 Å². The van der Waals surface area contributed by atoms with Crippen molar-refractivity contribution in [2.75, 3.05) is 20.6 Å². The number of ether oxygens (including phenoxy) is 1. The molecule has 2 heterocycles. The number of rotatable bonds is 8. The first-order chi connectivity index (χ1) is 15.0. The molecule has 0 radical (unpaired) electrons. The van der Waals surface area contributed by atoms with Crippen LogP contribution in [-0.4, -0.2) is 39.9 Å². The molecule has 6 heteroatoms. The Balaban J connectivity index is 1.52. The van der Waals surface area contributed by atoms with E-state index in [4.69, 9.17) is 4.74 Å². The second-order valence-corrected chi connectivity index (χ2v) is 8.01. The van der Waals surface area contributed by atoms with Gasteiger partial charge in [-0.2, -0.15) is 5.10 Å². The largest absolute Gasteiger partial charge is 0.486 e. The fraction of sp³-hybridized carbons (Fsp3) is 0.280. The Morgan fingerprint density at radius 2 is 1.87 bits per heavy atom. The van der Waals surface area contributed by atoms with Crippen LogP contribution in [-0.2, 0) is 6.54 Å². The SMILES string of the molecule is CC(Oc1ccn(-c2ccc3c(cnn3CCCN(C)C)c2)c(=O)c1)c1ccccc1. The lowest BCUT2D eigenvalue weighted by Gasteiger charge is -2.15. The molecule has 31 heavy (non-hydrogen) atoms.